The molecule has 2 rings (SSSR count). The van der Waals surface area contributed by atoms with Crippen molar-refractivity contribution in [2.24, 2.45) is 5.92 Å². The fourth-order valence-corrected chi connectivity index (χ4v) is 4.70. The van der Waals surface area contributed by atoms with Crippen molar-refractivity contribution in [2.75, 3.05) is 26.2 Å². The highest BCUT2D eigenvalue weighted by atomic mass is 79.9. The number of hydrogen-bond donors (Lipinski definition) is 0. The van der Waals surface area contributed by atoms with Crippen LogP contribution in [0.1, 0.15) is 26.7 Å². The molecule has 7 heteroatoms. The van der Waals surface area contributed by atoms with Gasteiger partial charge in [-0.15, -0.1) is 0 Å². The highest BCUT2D eigenvalue weighted by molar-refractivity contribution is 9.10. The lowest BCUT2D eigenvalue weighted by Gasteiger charge is -2.33. The van der Waals surface area contributed by atoms with E-state index in [9.17, 15) is 13.2 Å². The average molecular weight is 403 g/mol. The van der Waals surface area contributed by atoms with Gasteiger partial charge in [0.15, 0.2) is 0 Å². The number of halogens is 1. The molecule has 0 N–H and O–H groups in total. The van der Waals surface area contributed by atoms with Crippen LogP contribution in [0.4, 0.5) is 0 Å². The number of amides is 1. The second kappa shape index (κ2) is 7.77. The van der Waals surface area contributed by atoms with Crippen LogP contribution in [0.5, 0.6) is 0 Å². The number of carbonyl (C=O) groups is 1. The predicted molar refractivity (Wildman–Crippen MR) is 93.6 cm³/mol. The fraction of sp³-hybridized carbons (Fsp3) is 0.562. The van der Waals surface area contributed by atoms with Crippen molar-refractivity contribution in [1.29, 1.82) is 0 Å². The number of sulfonamides is 1. The maximum atomic E-state index is 12.8. The summed E-state index contributed by atoms with van der Waals surface area (Å²) in [5, 5.41) is 0. The molecule has 128 valence electrons. The van der Waals surface area contributed by atoms with Crippen molar-refractivity contribution in [2.45, 2.75) is 31.6 Å². The molecule has 23 heavy (non-hydrogen) atoms. The lowest BCUT2D eigenvalue weighted by molar-refractivity contribution is -0.136. The average Bonchev–Trinajstić information content (AvgIpc) is 2.56. The van der Waals surface area contributed by atoms with E-state index in [1.165, 1.54) is 4.31 Å². The topological polar surface area (TPSA) is 57.7 Å². The van der Waals surface area contributed by atoms with Gasteiger partial charge in [0.1, 0.15) is 0 Å². The molecule has 1 aliphatic heterocycles. The highest BCUT2D eigenvalue weighted by Crippen LogP contribution is 2.25. The van der Waals surface area contributed by atoms with Crippen molar-refractivity contribution >= 4 is 31.9 Å². The van der Waals surface area contributed by atoms with Gasteiger partial charge in [-0.1, -0.05) is 15.9 Å². The van der Waals surface area contributed by atoms with Gasteiger partial charge in [0, 0.05) is 30.7 Å². The van der Waals surface area contributed by atoms with Crippen LogP contribution < -0.4 is 0 Å². The van der Waals surface area contributed by atoms with E-state index in [1.807, 2.05) is 13.8 Å². The van der Waals surface area contributed by atoms with Crippen LogP contribution >= 0.6 is 15.9 Å². The third kappa shape index (κ3) is 4.14. The molecule has 1 fully saturated rings. The van der Waals surface area contributed by atoms with Crippen LogP contribution in [0, 0.1) is 5.92 Å². The van der Waals surface area contributed by atoms with Gasteiger partial charge in [0.25, 0.3) is 0 Å². The molecule has 1 aromatic rings. The Morgan fingerprint density at radius 2 is 1.87 bits per heavy atom. The third-order valence-electron chi connectivity index (χ3n) is 4.26. The number of nitrogens with zero attached hydrogens (tertiary/aromatic N) is 2. The Morgan fingerprint density at radius 3 is 2.43 bits per heavy atom. The Kier molecular flexibility index (Phi) is 6.22. The van der Waals surface area contributed by atoms with E-state index in [-0.39, 0.29) is 23.3 Å². The summed E-state index contributed by atoms with van der Waals surface area (Å²) in [5.41, 5.74) is 0. The van der Waals surface area contributed by atoms with E-state index in [0.29, 0.717) is 26.1 Å². The number of piperidine rings is 1. The molecule has 1 aromatic carbocycles. The molecule has 1 aliphatic rings. The summed E-state index contributed by atoms with van der Waals surface area (Å²) in [6.07, 6.45) is 1.47. The van der Waals surface area contributed by atoms with Crippen LogP contribution in [0.3, 0.4) is 0 Å². The van der Waals surface area contributed by atoms with Crippen LogP contribution in [0.15, 0.2) is 33.6 Å². The molecule has 5 nitrogen and oxygen atoms in total. The van der Waals surface area contributed by atoms with Gasteiger partial charge < -0.3 is 4.90 Å². The minimum Gasteiger partial charge on any atom is -0.343 e. The number of benzene rings is 1. The Morgan fingerprint density at radius 1 is 1.26 bits per heavy atom. The minimum atomic E-state index is -3.54. The second-order valence-electron chi connectivity index (χ2n) is 5.67. The van der Waals surface area contributed by atoms with Crippen molar-refractivity contribution in [3.8, 4) is 0 Å². The van der Waals surface area contributed by atoms with Gasteiger partial charge in [0.2, 0.25) is 15.9 Å². The third-order valence-corrected chi connectivity index (χ3v) is 6.67. The molecule has 0 aromatic heterocycles. The Hall–Kier alpha value is -0.920. The first-order valence-electron chi connectivity index (χ1n) is 7.94. The van der Waals surface area contributed by atoms with E-state index in [2.05, 4.69) is 15.9 Å². The van der Waals surface area contributed by atoms with Crippen LogP contribution in [-0.4, -0.2) is 49.7 Å². The largest absolute Gasteiger partial charge is 0.343 e. The van der Waals surface area contributed by atoms with Crippen molar-refractivity contribution in [3.63, 3.8) is 0 Å². The predicted octanol–water partition coefficient (Wildman–Crippen LogP) is 2.72. The Labute approximate surface area is 146 Å². The fourth-order valence-electron chi connectivity index (χ4n) is 2.91. The van der Waals surface area contributed by atoms with Gasteiger partial charge >= 0.3 is 0 Å². The molecule has 0 spiro atoms. The van der Waals surface area contributed by atoms with E-state index in [1.54, 1.807) is 29.2 Å². The van der Waals surface area contributed by atoms with E-state index in [0.717, 1.165) is 10.9 Å². The highest BCUT2D eigenvalue weighted by Gasteiger charge is 2.34. The monoisotopic (exact) mass is 402 g/mol. The van der Waals surface area contributed by atoms with Crippen molar-refractivity contribution in [3.05, 3.63) is 28.7 Å². The number of hydrogen-bond acceptors (Lipinski definition) is 3. The quantitative estimate of drug-likeness (QED) is 0.760. The first-order chi connectivity index (χ1) is 10.9. The molecule has 1 heterocycles. The second-order valence-corrected chi connectivity index (χ2v) is 8.52. The molecule has 0 aliphatic carbocycles. The van der Waals surface area contributed by atoms with Crippen LogP contribution in [0.2, 0.25) is 0 Å². The SMILES string of the molecule is CCN(CC)C(=O)[C@@H]1CCCN(S(=O)(=O)c2ccc(Br)cc2)C1. The molecule has 0 unspecified atom stereocenters. The molecule has 1 saturated heterocycles. The first kappa shape index (κ1) is 18.4. The summed E-state index contributed by atoms with van der Waals surface area (Å²) in [6, 6.07) is 6.62. The van der Waals surface area contributed by atoms with Crippen LogP contribution in [-0.2, 0) is 14.8 Å². The summed E-state index contributed by atoms with van der Waals surface area (Å²) in [6.45, 7) is 5.95. The summed E-state index contributed by atoms with van der Waals surface area (Å²) in [7, 11) is -3.54. The summed E-state index contributed by atoms with van der Waals surface area (Å²) >= 11 is 3.31. The van der Waals surface area contributed by atoms with Gasteiger partial charge in [0.05, 0.1) is 10.8 Å². The zero-order valence-electron chi connectivity index (χ0n) is 13.5. The van der Waals surface area contributed by atoms with E-state index < -0.39 is 10.0 Å². The van der Waals surface area contributed by atoms with Crippen LogP contribution in [0.25, 0.3) is 0 Å². The molecule has 1 atom stereocenters. The zero-order chi connectivity index (χ0) is 17.0. The van der Waals surface area contributed by atoms with Gasteiger partial charge in [-0.25, -0.2) is 8.42 Å². The van der Waals surface area contributed by atoms with E-state index in [4.69, 9.17) is 0 Å². The first-order valence-corrected chi connectivity index (χ1v) is 10.2. The summed E-state index contributed by atoms with van der Waals surface area (Å²) in [4.78, 5) is 14.6. The normalized spacial score (nSPS) is 19.5. The molecule has 0 bridgehead atoms. The molecule has 0 radical (unpaired) electrons. The lowest BCUT2D eigenvalue weighted by atomic mass is 9.98. The maximum Gasteiger partial charge on any atom is 0.243 e. The minimum absolute atomic E-state index is 0.0608. The standard InChI is InChI=1S/C16H23BrN2O3S/c1-3-18(4-2)16(20)13-6-5-11-19(12-13)23(21,22)15-9-7-14(17)8-10-15/h7-10,13H,3-6,11-12H2,1-2H3/t13-/m1/s1. The zero-order valence-corrected chi connectivity index (χ0v) is 15.9. The van der Waals surface area contributed by atoms with E-state index >= 15 is 0 Å². The van der Waals surface area contributed by atoms with Crippen molar-refractivity contribution in [1.82, 2.24) is 9.21 Å². The smallest absolute Gasteiger partial charge is 0.243 e. The number of rotatable bonds is 5. The molecule has 1 amide bonds. The Balaban J connectivity index is 2.17. The maximum absolute atomic E-state index is 12.8. The molecule has 0 saturated carbocycles. The summed E-state index contributed by atoms with van der Waals surface area (Å²) < 4.78 is 27.8. The van der Waals surface area contributed by atoms with Gasteiger partial charge in [-0.2, -0.15) is 4.31 Å². The number of carbonyl (C=O) groups excluding carboxylic acids is 1. The molecular weight excluding hydrogens is 380 g/mol. The van der Waals surface area contributed by atoms with Gasteiger partial charge in [-0.05, 0) is 51.0 Å². The molecular formula is C16H23BrN2O3S. The Bertz CT molecular complexity index is 642. The van der Waals surface area contributed by atoms with Gasteiger partial charge in [-0.3, -0.25) is 4.79 Å². The summed E-state index contributed by atoms with van der Waals surface area (Å²) in [5.74, 6) is -0.181. The lowest BCUT2D eigenvalue weighted by Crippen LogP contribution is -2.46. The van der Waals surface area contributed by atoms with Crippen molar-refractivity contribution < 1.29 is 13.2 Å².